The van der Waals surface area contributed by atoms with Crippen molar-refractivity contribution in [2.24, 2.45) is 0 Å². The Bertz CT molecular complexity index is 1470. The van der Waals surface area contributed by atoms with Crippen molar-refractivity contribution in [1.82, 2.24) is 10.2 Å². The van der Waals surface area contributed by atoms with E-state index in [1.54, 1.807) is 49.4 Å². The number of hydrogen-bond acceptors (Lipinski definition) is 5. The standard InChI is InChI=1S/C31H37Cl2N3O5S/c1-5-22(3)34-31(38)28(19-23-12-8-7-9-13-23)35(20-24-16-17-25(32)26(33)18-24)30(37)21-36(42(4,39)40)27-14-10-11-15-29(27)41-6-2/h7-18,22,28H,5-6,19-21H2,1-4H3,(H,34,38)/t22-,28+/m1/s1. The van der Waals surface area contributed by atoms with Gasteiger partial charge in [0.1, 0.15) is 18.3 Å². The largest absolute Gasteiger partial charge is 0.492 e. The topological polar surface area (TPSA) is 96.0 Å². The molecule has 0 bridgehead atoms. The first-order valence-corrected chi connectivity index (χ1v) is 16.3. The van der Waals surface area contributed by atoms with Gasteiger partial charge in [0.25, 0.3) is 0 Å². The molecule has 3 rings (SSSR count). The summed E-state index contributed by atoms with van der Waals surface area (Å²) in [5.41, 5.74) is 1.71. The number of amides is 2. The lowest BCUT2D eigenvalue weighted by Gasteiger charge is -2.34. The normalized spacial score (nSPS) is 12.7. The van der Waals surface area contributed by atoms with Gasteiger partial charge in [-0.1, -0.05) is 78.7 Å². The van der Waals surface area contributed by atoms with E-state index in [4.69, 9.17) is 27.9 Å². The fourth-order valence-electron chi connectivity index (χ4n) is 4.37. The third-order valence-corrected chi connectivity index (χ3v) is 8.59. The predicted octanol–water partition coefficient (Wildman–Crippen LogP) is 5.71. The van der Waals surface area contributed by atoms with Crippen LogP contribution in [0.4, 0.5) is 5.69 Å². The zero-order chi connectivity index (χ0) is 30.9. The molecule has 0 radical (unpaired) electrons. The lowest BCUT2D eigenvalue weighted by Crippen LogP contribution is -2.54. The van der Waals surface area contributed by atoms with Crippen LogP contribution >= 0.6 is 23.2 Å². The van der Waals surface area contributed by atoms with Crippen molar-refractivity contribution in [2.75, 3.05) is 23.7 Å². The Kier molecular flexibility index (Phi) is 12.1. The molecule has 3 aromatic carbocycles. The first-order valence-electron chi connectivity index (χ1n) is 13.7. The fraction of sp³-hybridized carbons (Fsp3) is 0.355. The molecule has 0 aliphatic heterocycles. The number of rotatable bonds is 14. The van der Waals surface area contributed by atoms with Gasteiger partial charge in [0.15, 0.2) is 0 Å². The zero-order valence-corrected chi connectivity index (χ0v) is 26.5. The van der Waals surface area contributed by atoms with E-state index in [9.17, 15) is 18.0 Å². The highest BCUT2D eigenvalue weighted by molar-refractivity contribution is 7.92. The van der Waals surface area contributed by atoms with Gasteiger partial charge in [-0.15, -0.1) is 0 Å². The van der Waals surface area contributed by atoms with Crippen molar-refractivity contribution in [3.05, 3.63) is 94.0 Å². The molecule has 0 saturated heterocycles. The number of carbonyl (C=O) groups is 2. The van der Waals surface area contributed by atoms with Crippen molar-refractivity contribution < 1.29 is 22.7 Å². The molecule has 0 aliphatic carbocycles. The number of nitrogens with one attached hydrogen (secondary N) is 1. The third-order valence-electron chi connectivity index (χ3n) is 6.72. The molecule has 11 heteroatoms. The van der Waals surface area contributed by atoms with Crippen molar-refractivity contribution in [3.8, 4) is 5.75 Å². The predicted molar refractivity (Wildman–Crippen MR) is 169 cm³/mol. The minimum atomic E-state index is -3.93. The Morgan fingerprint density at radius 3 is 2.21 bits per heavy atom. The quantitative estimate of drug-likeness (QED) is 0.245. The van der Waals surface area contributed by atoms with Gasteiger partial charge < -0.3 is 15.0 Å². The van der Waals surface area contributed by atoms with E-state index < -0.39 is 28.5 Å². The number of carbonyl (C=O) groups excluding carboxylic acids is 2. The Balaban J connectivity index is 2.10. The minimum Gasteiger partial charge on any atom is -0.492 e. The summed E-state index contributed by atoms with van der Waals surface area (Å²) in [6, 6.07) is 19.9. The fourth-order valence-corrected chi connectivity index (χ4v) is 5.54. The smallest absolute Gasteiger partial charge is 0.244 e. The van der Waals surface area contributed by atoms with Crippen molar-refractivity contribution in [2.45, 2.75) is 52.2 Å². The molecule has 0 aliphatic rings. The van der Waals surface area contributed by atoms with Crippen molar-refractivity contribution in [3.63, 3.8) is 0 Å². The number of sulfonamides is 1. The molecule has 0 unspecified atom stereocenters. The lowest BCUT2D eigenvalue weighted by molar-refractivity contribution is -0.140. The number of ether oxygens (including phenoxy) is 1. The second-order valence-corrected chi connectivity index (χ2v) is 12.7. The molecule has 2 amide bonds. The number of benzene rings is 3. The number of hydrogen-bond donors (Lipinski definition) is 1. The highest BCUT2D eigenvalue weighted by Crippen LogP contribution is 2.30. The first kappa shape index (κ1) is 33.2. The summed E-state index contributed by atoms with van der Waals surface area (Å²) in [5, 5.41) is 3.65. The van der Waals surface area contributed by atoms with Gasteiger partial charge >= 0.3 is 0 Å². The summed E-state index contributed by atoms with van der Waals surface area (Å²) in [4.78, 5) is 29.4. The maximum atomic E-state index is 14.2. The SMILES string of the molecule is CCOc1ccccc1N(CC(=O)N(Cc1ccc(Cl)c(Cl)c1)[C@@H](Cc1ccccc1)C(=O)N[C@H](C)CC)S(C)(=O)=O. The molecular formula is C31H37Cl2N3O5S. The Labute approximate surface area is 258 Å². The van der Waals surface area contributed by atoms with E-state index in [1.807, 2.05) is 44.2 Å². The molecule has 0 spiro atoms. The van der Waals surface area contributed by atoms with E-state index >= 15 is 0 Å². The Morgan fingerprint density at radius 1 is 0.929 bits per heavy atom. The average molecular weight is 635 g/mol. The highest BCUT2D eigenvalue weighted by Gasteiger charge is 2.34. The van der Waals surface area contributed by atoms with E-state index in [0.29, 0.717) is 34.4 Å². The highest BCUT2D eigenvalue weighted by atomic mass is 35.5. The van der Waals surface area contributed by atoms with Crippen molar-refractivity contribution >= 4 is 50.7 Å². The van der Waals surface area contributed by atoms with Crippen LogP contribution in [0.5, 0.6) is 5.75 Å². The van der Waals surface area contributed by atoms with Crippen LogP contribution in [-0.2, 0) is 32.6 Å². The van der Waals surface area contributed by atoms with Crippen LogP contribution in [0.3, 0.4) is 0 Å². The molecule has 0 heterocycles. The second-order valence-electron chi connectivity index (χ2n) is 9.96. The molecule has 2 atom stereocenters. The molecule has 3 aromatic rings. The van der Waals surface area contributed by atoms with Gasteiger partial charge in [0.05, 0.1) is 28.6 Å². The van der Waals surface area contributed by atoms with Gasteiger partial charge in [-0.3, -0.25) is 13.9 Å². The average Bonchev–Trinajstić information content (AvgIpc) is 2.95. The van der Waals surface area contributed by atoms with Crippen LogP contribution in [0.2, 0.25) is 10.0 Å². The van der Waals surface area contributed by atoms with Crippen molar-refractivity contribution in [1.29, 1.82) is 0 Å². The Hall–Kier alpha value is -3.27. The Morgan fingerprint density at radius 2 is 1.60 bits per heavy atom. The molecule has 8 nitrogen and oxygen atoms in total. The molecule has 0 saturated carbocycles. The van der Waals surface area contributed by atoms with Gasteiger partial charge in [0.2, 0.25) is 21.8 Å². The van der Waals surface area contributed by atoms with Crippen LogP contribution < -0.4 is 14.4 Å². The van der Waals surface area contributed by atoms with Crippen LogP contribution in [0.25, 0.3) is 0 Å². The molecule has 1 N–H and O–H groups in total. The summed E-state index contributed by atoms with van der Waals surface area (Å²) in [5.74, 6) is -0.593. The summed E-state index contributed by atoms with van der Waals surface area (Å²) < 4.78 is 32.8. The minimum absolute atomic E-state index is 0.00808. The molecule has 0 fully saturated rings. The zero-order valence-electron chi connectivity index (χ0n) is 24.2. The number of anilines is 1. The van der Waals surface area contributed by atoms with E-state index in [0.717, 1.165) is 16.1 Å². The number of nitrogens with zero attached hydrogens (tertiary/aromatic N) is 2. The number of halogens is 2. The van der Waals surface area contributed by atoms with Gasteiger partial charge in [0, 0.05) is 19.0 Å². The van der Waals surface area contributed by atoms with Crippen LogP contribution in [0, 0.1) is 0 Å². The van der Waals surface area contributed by atoms with E-state index in [1.165, 1.54) is 4.90 Å². The second kappa shape index (κ2) is 15.3. The van der Waals surface area contributed by atoms with Crippen LogP contribution in [0.15, 0.2) is 72.8 Å². The number of para-hydroxylation sites is 2. The summed E-state index contributed by atoms with van der Waals surface area (Å²) in [7, 11) is -3.93. The van der Waals surface area contributed by atoms with Gasteiger partial charge in [-0.05, 0) is 55.7 Å². The maximum Gasteiger partial charge on any atom is 0.244 e. The van der Waals surface area contributed by atoms with E-state index in [-0.39, 0.29) is 30.6 Å². The first-order chi connectivity index (χ1) is 19.9. The third kappa shape index (κ3) is 9.11. The maximum absolute atomic E-state index is 14.2. The van der Waals surface area contributed by atoms with E-state index in [2.05, 4.69) is 5.32 Å². The van der Waals surface area contributed by atoms with Crippen LogP contribution in [-0.4, -0.2) is 56.6 Å². The van der Waals surface area contributed by atoms with Gasteiger partial charge in [-0.2, -0.15) is 0 Å². The monoisotopic (exact) mass is 633 g/mol. The molecular weight excluding hydrogens is 597 g/mol. The van der Waals surface area contributed by atoms with Crippen LogP contribution in [0.1, 0.15) is 38.3 Å². The lowest BCUT2D eigenvalue weighted by atomic mass is 10.0. The molecule has 42 heavy (non-hydrogen) atoms. The van der Waals surface area contributed by atoms with Gasteiger partial charge in [-0.25, -0.2) is 8.42 Å². The summed E-state index contributed by atoms with van der Waals surface area (Å²) in [6.45, 7) is 5.38. The summed E-state index contributed by atoms with van der Waals surface area (Å²) in [6.07, 6.45) is 1.94. The molecule has 226 valence electrons. The molecule has 0 aromatic heterocycles. The summed E-state index contributed by atoms with van der Waals surface area (Å²) >= 11 is 12.4.